The molecule has 0 aliphatic carbocycles. The maximum Gasteiger partial charge on any atom is 0.0685 e. The van der Waals surface area contributed by atoms with Crippen molar-refractivity contribution in [2.24, 2.45) is 0 Å². The quantitative estimate of drug-likeness (QED) is 0.742. The van der Waals surface area contributed by atoms with E-state index in [9.17, 15) is 5.11 Å². The number of aliphatic hydroxyl groups excluding tert-OH is 1. The molecule has 0 aromatic heterocycles. The van der Waals surface area contributed by atoms with Crippen LogP contribution < -0.4 is 5.32 Å². The molecule has 1 atom stereocenters. The van der Waals surface area contributed by atoms with Gasteiger partial charge in [0.05, 0.1) is 6.61 Å². The van der Waals surface area contributed by atoms with E-state index in [-0.39, 0.29) is 6.61 Å². The third-order valence-corrected chi connectivity index (χ3v) is 2.92. The zero-order chi connectivity index (χ0) is 11.8. The molecule has 0 heterocycles. The van der Waals surface area contributed by atoms with Gasteiger partial charge in [-0.05, 0) is 24.5 Å². The maximum atomic E-state index is 9.20. The lowest BCUT2D eigenvalue weighted by Crippen LogP contribution is -2.25. The summed E-state index contributed by atoms with van der Waals surface area (Å²) in [5.41, 5.74) is 2.23. The Kier molecular flexibility index (Phi) is 6.12. The predicted octanol–water partition coefficient (Wildman–Crippen LogP) is 2.85. The molecule has 1 rings (SSSR count). The van der Waals surface area contributed by atoms with Crippen LogP contribution in [0.5, 0.6) is 0 Å². The fourth-order valence-corrected chi connectivity index (χ4v) is 1.78. The zero-order valence-corrected chi connectivity index (χ0v) is 10.4. The molecule has 0 radical (unpaired) electrons. The van der Waals surface area contributed by atoms with Crippen LogP contribution in [0.4, 0.5) is 0 Å². The fraction of sp³-hybridized carbons (Fsp3) is 0.571. The van der Waals surface area contributed by atoms with Gasteiger partial charge in [-0.25, -0.2) is 0 Å². The highest BCUT2D eigenvalue weighted by Crippen LogP contribution is 2.09. The predicted molar refractivity (Wildman–Crippen MR) is 68.2 cm³/mol. The van der Waals surface area contributed by atoms with Crippen LogP contribution in [-0.4, -0.2) is 11.1 Å². The molecule has 0 spiro atoms. The molecule has 1 unspecified atom stereocenters. The summed E-state index contributed by atoms with van der Waals surface area (Å²) in [5.74, 6) is 0. The molecule has 2 nitrogen and oxygen atoms in total. The second-order valence-corrected chi connectivity index (χ2v) is 4.35. The third-order valence-electron chi connectivity index (χ3n) is 2.92. The lowest BCUT2D eigenvalue weighted by Gasteiger charge is -2.14. The summed E-state index contributed by atoms with van der Waals surface area (Å²) in [6.07, 6.45) is 3.74. The number of hydrogen-bond acceptors (Lipinski definition) is 2. The van der Waals surface area contributed by atoms with Gasteiger partial charge < -0.3 is 10.4 Å². The Labute approximate surface area is 98.7 Å². The maximum absolute atomic E-state index is 9.20. The van der Waals surface area contributed by atoms with Crippen molar-refractivity contribution in [3.05, 3.63) is 35.4 Å². The van der Waals surface area contributed by atoms with E-state index >= 15 is 0 Å². The van der Waals surface area contributed by atoms with Crippen LogP contribution in [0.2, 0.25) is 0 Å². The summed E-state index contributed by atoms with van der Waals surface area (Å²) in [5, 5.41) is 12.7. The van der Waals surface area contributed by atoms with Gasteiger partial charge in [-0.15, -0.1) is 0 Å². The van der Waals surface area contributed by atoms with E-state index in [1.54, 1.807) is 0 Å². The molecule has 0 aliphatic heterocycles. The molecule has 0 aliphatic rings. The zero-order valence-electron chi connectivity index (χ0n) is 10.4. The molecule has 2 N–H and O–H groups in total. The highest BCUT2D eigenvalue weighted by molar-refractivity contribution is 5.26. The van der Waals surface area contributed by atoms with Crippen molar-refractivity contribution >= 4 is 0 Å². The van der Waals surface area contributed by atoms with Crippen LogP contribution in [0.3, 0.4) is 0 Å². The molecule has 2 heteroatoms. The Hall–Kier alpha value is -0.860. The summed E-state index contributed by atoms with van der Waals surface area (Å²) in [6.45, 7) is 5.41. The summed E-state index contributed by atoms with van der Waals surface area (Å²) in [6, 6.07) is 8.59. The van der Waals surface area contributed by atoms with Crippen molar-refractivity contribution in [2.45, 2.75) is 52.3 Å². The minimum atomic E-state index is 0.126. The smallest absolute Gasteiger partial charge is 0.0685 e. The first-order valence-electron chi connectivity index (χ1n) is 6.19. The number of unbranched alkanes of at least 4 members (excludes halogenated alkanes) is 1. The summed E-state index contributed by atoms with van der Waals surface area (Å²) in [4.78, 5) is 0. The van der Waals surface area contributed by atoms with Gasteiger partial charge in [0, 0.05) is 12.6 Å². The van der Waals surface area contributed by atoms with Crippen molar-refractivity contribution in [3.8, 4) is 0 Å². The largest absolute Gasteiger partial charge is 0.392 e. The van der Waals surface area contributed by atoms with E-state index in [2.05, 4.69) is 25.2 Å². The van der Waals surface area contributed by atoms with Gasteiger partial charge in [-0.2, -0.15) is 0 Å². The number of rotatable bonds is 7. The van der Waals surface area contributed by atoms with Crippen molar-refractivity contribution in [1.29, 1.82) is 0 Å². The number of aliphatic hydroxyl groups is 1. The minimum Gasteiger partial charge on any atom is -0.392 e. The second kappa shape index (κ2) is 7.42. The molecular formula is C14H23NO. The minimum absolute atomic E-state index is 0.126. The Balaban J connectivity index is 2.41. The Bertz CT molecular complexity index is 299. The molecule has 0 amide bonds. The lowest BCUT2D eigenvalue weighted by molar-refractivity contribution is 0.280. The van der Waals surface area contributed by atoms with Gasteiger partial charge in [0.2, 0.25) is 0 Å². The first-order valence-corrected chi connectivity index (χ1v) is 6.19. The molecule has 0 bridgehead atoms. The summed E-state index contributed by atoms with van der Waals surface area (Å²) >= 11 is 0. The lowest BCUT2D eigenvalue weighted by atomic mass is 10.1. The molecule has 0 saturated heterocycles. The highest BCUT2D eigenvalue weighted by Gasteiger charge is 2.03. The van der Waals surface area contributed by atoms with Gasteiger partial charge in [-0.3, -0.25) is 0 Å². The van der Waals surface area contributed by atoms with Gasteiger partial charge in [0.25, 0.3) is 0 Å². The van der Waals surface area contributed by atoms with Crippen molar-refractivity contribution in [2.75, 3.05) is 0 Å². The molecule has 0 saturated carbocycles. The second-order valence-electron chi connectivity index (χ2n) is 4.35. The molecule has 1 aromatic rings. The SMILES string of the molecule is CCCCC(C)NCc1ccccc1CO. The number of benzene rings is 1. The highest BCUT2D eigenvalue weighted by atomic mass is 16.3. The van der Waals surface area contributed by atoms with Crippen LogP contribution in [-0.2, 0) is 13.2 Å². The number of nitrogens with one attached hydrogen (secondary N) is 1. The molecular weight excluding hydrogens is 198 g/mol. The van der Waals surface area contributed by atoms with Crippen LogP contribution in [0, 0.1) is 0 Å². The third kappa shape index (κ3) is 4.33. The van der Waals surface area contributed by atoms with Gasteiger partial charge in [0.1, 0.15) is 0 Å². The molecule has 0 fully saturated rings. The summed E-state index contributed by atoms with van der Waals surface area (Å²) < 4.78 is 0. The topological polar surface area (TPSA) is 32.3 Å². The Morgan fingerprint density at radius 1 is 1.25 bits per heavy atom. The van der Waals surface area contributed by atoms with E-state index < -0.39 is 0 Å². The van der Waals surface area contributed by atoms with Crippen LogP contribution in [0.1, 0.15) is 44.2 Å². The van der Waals surface area contributed by atoms with Gasteiger partial charge in [-0.1, -0.05) is 44.0 Å². The standard InChI is InChI=1S/C14H23NO/c1-3-4-7-12(2)15-10-13-8-5-6-9-14(13)11-16/h5-6,8-9,12,15-16H,3-4,7,10-11H2,1-2H3. The Morgan fingerprint density at radius 2 is 1.94 bits per heavy atom. The van der Waals surface area contributed by atoms with Gasteiger partial charge >= 0.3 is 0 Å². The summed E-state index contributed by atoms with van der Waals surface area (Å²) in [7, 11) is 0. The van der Waals surface area contributed by atoms with Gasteiger partial charge in [0.15, 0.2) is 0 Å². The van der Waals surface area contributed by atoms with E-state index in [0.717, 1.165) is 12.1 Å². The van der Waals surface area contributed by atoms with E-state index in [4.69, 9.17) is 0 Å². The first kappa shape index (κ1) is 13.2. The van der Waals surface area contributed by atoms with E-state index in [1.165, 1.54) is 24.8 Å². The monoisotopic (exact) mass is 221 g/mol. The normalized spacial score (nSPS) is 12.7. The van der Waals surface area contributed by atoms with Crippen LogP contribution in [0.25, 0.3) is 0 Å². The molecule has 1 aromatic carbocycles. The molecule has 90 valence electrons. The average Bonchev–Trinajstić information content (AvgIpc) is 2.34. The van der Waals surface area contributed by atoms with E-state index in [1.807, 2.05) is 18.2 Å². The van der Waals surface area contributed by atoms with Crippen LogP contribution in [0.15, 0.2) is 24.3 Å². The van der Waals surface area contributed by atoms with E-state index in [0.29, 0.717) is 6.04 Å². The number of hydrogen-bond donors (Lipinski definition) is 2. The first-order chi connectivity index (χ1) is 7.77. The van der Waals surface area contributed by atoms with Crippen LogP contribution >= 0.6 is 0 Å². The molecule has 16 heavy (non-hydrogen) atoms. The Morgan fingerprint density at radius 3 is 2.56 bits per heavy atom. The van der Waals surface area contributed by atoms with Crippen molar-refractivity contribution < 1.29 is 5.11 Å². The average molecular weight is 221 g/mol. The van der Waals surface area contributed by atoms with Crippen molar-refractivity contribution in [3.63, 3.8) is 0 Å². The fourth-order valence-electron chi connectivity index (χ4n) is 1.78. The van der Waals surface area contributed by atoms with Crippen molar-refractivity contribution in [1.82, 2.24) is 5.32 Å².